The van der Waals surface area contributed by atoms with Crippen molar-refractivity contribution >= 4 is 17.8 Å². The monoisotopic (exact) mass is 902 g/mol. The van der Waals surface area contributed by atoms with Crippen LogP contribution in [0.15, 0.2) is 0 Å². The molecule has 5 saturated heterocycles. The Labute approximate surface area is 386 Å². The van der Waals surface area contributed by atoms with E-state index in [1.165, 1.54) is 25.3 Å². The molecule has 0 radical (unpaired) electrons. The number of aromatic nitrogens is 3. The Hall–Kier alpha value is -1.99. The molecule has 5 fully saturated rings. The molecule has 6 heterocycles. The van der Waals surface area contributed by atoms with Crippen molar-refractivity contribution < 1.29 is 26.0 Å². The largest absolute Gasteiger partial charge is 0.351 e. The molecule has 0 saturated carbocycles. The number of nitrogens with one attached hydrogen (secondary N) is 1. The summed E-state index contributed by atoms with van der Waals surface area (Å²) < 4.78 is 0. The predicted molar refractivity (Wildman–Crippen MR) is 252 cm³/mol. The summed E-state index contributed by atoms with van der Waals surface area (Å²) in [4.78, 5) is 21.5. The van der Waals surface area contributed by atoms with Gasteiger partial charge in [-0.05, 0) is 203 Å². The lowest BCUT2D eigenvalue weighted by Crippen LogP contribution is -2.68. The Bertz CT molecular complexity index is 1580. The average Bonchev–Trinajstić information content (AvgIpc) is 3.09. The highest BCUT2D eigenvalue weighted by molar-refractivity contribution is 5.50. The summed E-state index contributed by atoms with van der Waals surface area (Å²) in [6.07, 6.45) is 6.47. The molecule has 368 valence electrons. The van der Waals surface area contributed by atoms with Crippen LogP contribution in [-0.4, -0.2) is 152 Å². The third kappa shape index (κ3) is 9.54. The Morgan fingerprint density at radius 2 is 0.531 bits per heavy atom. The van der Waals surface area contributed by atoms with Gasteiger partial charge in [-0.15, -0.1) is 0 Å². The van der Waals surface area contributed by atoms with Gasteiger partial charge in [0.05, 0.1) is 0 Å². The number of nitrogens with zero attached hydrogens (tertiary/aromatic N) is 10. The van der Waals surface area contributed by atoms with Crippen LogP contribution in [-0.2, 0) is 0 Å². The molecule has 0 bridgehead atoms. The molecule has 6 rings (SSSR count). The smallest absolute Gasteiger partial charge is 0.232 e. The number of hydrogen-bond acceptors (Lipinski definition) is 16. The lowest BCUT2D eigenvalue weighted by molar-refractivity contribution is -0.251. The van der Waals surface area contributed by atoms with Crippen molar-refractivity contribution in [3.63, 3.8) is 0 Å². The lowest BCUT2D eigenvalue weighted by atomic mass is 9.74. The van der Waals surface area contributed by atoms with E-state index < -0.39 is 55.4 Å². The van der Waals surface area contributed by atoms with E-state index in [-0.39, 0.29) is 30.2 Å². The lowest BCUT2D eigenvalue weighted by Gasteiger charge is -2.59. The van der Waals surface area contributed by atoms with Crippen LogP contribution in [0.1, 0.15) is 203 Å². The molecular formula is C48H91N11O5. The Balaban J connectivity index is 1.62. The normalized spacial score (nSPS) is 30.3. The number of anilines is 3. The topological polar surface area (TPSA) is 175 Å². The van der Waals surface area contributed by atoms with E-state index >= 15 is 0 Å². The molecule has 16 nitrogen and oxygen atoms in total. The van der Waals surface area contributed by atoms with Crippen molar-refractivity contribution in [2.24, 2.45) is 0 Å². The zero-order valence-electron chi connectivity index (χ0n) is 43.7. The van der Waals surface area contributed by atoms with Crippen LogP contribution < -0.4 is 15.1 Å². The molecule has 5 aliphatic heterocycles. The molecule has 0 amide bonds. The van der Waals surface area contributed by atoms with Crippen LogP contribution in [0.2, 0.25) is 0 Å². The first-order valence-corrected chi connectivity index (χ1v) is 24.2. The molecule has 0 atom stereocenters. The van der Waals surface area contributed by atoms with Gasteiger partial charge < -0.3 is 41.2 Å². The maximum atomic E-state index is 11.6. The average molecular weight is 902 g/mol. The third-order valence-electron chi connectivity index (χ3n) is 16.1. The van der Waals surface area contributed by atoms with Crippen molar-refractivity contribution in [2.75, 3.05) is 15.1 Å². The van der Waals surface area contributed by atoms with Crippen LogP contribution in [0.4, 0.5) is 17.8 Å². The maximum Gasteiger partial charge on any atom is 0.232 e. The maximum absolute atomic E-state index is 11.6. The van der Waals surface area contributed by atoms with Crippen molar-refractivity contribution in [2.45, 2.75) is 288 Å². The van der Waals surface area contributed by atoms with Gasteiger partial charge in [0.2, 0.25) is 17.8 Å². The summed E-state index contributed by atoms with van der Waals surface area (Å²) >= 11 is 0. The first kappa shape index (κ1) is 51.4. The molecule has 0 aliphatic carbocycles. The van der Waals surface area contributed by atoms with E-state index in [2.05, 4.69) is 154 Å². The molecule has 0 aromatic carbocycles. The minimum absolute atomic E-state index is 0.0737. The second-order valence-corrected chi connectivity index (χ2v) is 27.3. The van der Waals surface area contributed by atoms with Crippen LogP contribution in [0.5, 0.6) is 0 Å². The van der Waals surface area contributed by atoms with Crippen LogP contribution in [0, 0.1) is 0 Å². The van der Waals surface area contributed by atoms with E-state index in [1.54, 1.807) is 0 Å². The molecular weight excluding hydrogens is 811 g/mol. The van der Waals surface area contributed by atoms with E-state index in [9.17, 15) is 26.0 Å². The SMILES string of the molecule is CC1(C)CC(Nc2nc(N(C3CC(C)(C)N(O)C(C)(C)C3)C3CC(C)(C)N(O)C(C)(C)C3)nc(N(C3CC(C)(C)N(O)C(C)(C)C3)C3CC(C)(C)N(O)C(C)(C)C3)n2)CC(C)(C)N1O. The van der Waals surface area contributed by atoms with Gasteiger partial charge in [0.15, 0.2) is 0 Å². The highest BCUT2D eigenvalue weighted by atomic mass is 16.5. The summed E-state index contributed by atoms with van der Waals surface area (Å²) in [5, 5.41) is 69.3. The fourth-order valence-corrected chi connectivity index (χ4v) is 14.1. The van der Waals surface area contributed by atoms with Crippen LogP contribution >= 0.6 is 0 Å². The van der Waals surface area contributed by atoms with Crippen LogP contribution in [0.3, 0.4) is 0 Å². The molecule has 6 N–H and O–H groups in total. The highest BCUT2D eigenvalue weighted by Crippen LogP contribution is 2.48. The summed E-state index contributed by atoms with van der Waals surface area (Å²) in [5.74, 6) is 1.57. The molecule has 64 heavy (non-hydrogen) atoms. The molecule has 0 spiro atoms. The molecule has 1 aromatic rings. The van der Waals surface area contributed by atoms with Gasteiger partial charge in [0.1, 0.15) is 0 Å². The predicted octanol–water partition coefficient (Wildman–Crippen LogP) is 8.95. The summed E-state index contributed by atoms with van der Waals surface area (Å²) in [6.45, 7) is 41.9. The highest BCUT2D eigenvalue weighted by Gasteiger charge is 2.55. The van der Waals surface area contributed by atoms with Gasteiger partial charge in [0.25, 0.3) is 0 Å². The second kappa shape index (κ2) is 16.0. The number of rotatable bonds is 8. The molecule has 1 aromatic heterocycles. The van der Waals surface area contributed by atoms with Gasteiger partial charge in [-0.3, -0.25) is 0 Å². The zero-order chi connectivity index (χ0) is 48.6. The minimum atomic E-state index is -0.573. The third-order valence-corrected chi connectivity index (χ3v) is 16.1. The van der Waals surface area contributed by atoms with E-state index in [4.69, 9.17) is 15.0 Å². The van der Waals surface area contributed by atoms with Gasteiger partial charge in [-0.1, -0.05) is 0 Å². The molecule has 0 unspecified atom stereocenters. The van der Waals surface area contributed by atoms with Crippen molar-refractivity contribution in [3.05, 3.63) is 0 Å². The zero-order valence-corrected chi connectivity index (χ0v) is 43.7. The quantitative estimate of drug-likeness (QED) is 0.146. The number of hydrogen-bond donors (Lipinski definition) is 6. The Kier molecular flexibility index (Phi) is 12.9. The standard InChI is InChI=1S/C48H91N11O5/c1-39(2)21-31(22-40(3,4)55(39)60)49-36-50-37(53(32-23-41(5,6)56(61)42(7,8)24-32)33-25-43(9,10)57(62)44(11,12)26-33)52-38(51-36)54(34-27-45(13,14)58(63)46(15,16)28-34)35-29-47(17,18)59(64)48(19,20)30-35/h31-35,60-64H,21-30H2,1-20H3,(H,49,50,51,52). The van der Waals surface area contributed by atoms with Crippen LogP contribution in [0.25, 0.3) is 0 Å². The fraction of sp³-hybridized carbons (Fsp3) is 0.938. The first-order chi connectivity index (χ1) is 28.7. The fourth-order valence-electron chi connectivity index (χ4n) is 14.1. The van der Waals surface area contributed by atoms with Crippen molar-refractivity contribution in [1.82, 2.24) is 40.3 Å². The molecule has 16 heteroatoms. The minimum Gasteiger partial charge on any atom is -0.351 e. The van der Waals surface area contributed by atoms with E-state index in [1.807, 2.05) is 0 Å². The number of hydroxylamine groups is 10. The van der Waals surface area contributed by atoms with Gasteiger partial charge in [-0.25, -0.2) is 0 Å². The van der Waals surface area contributed by atoms with Crippen molar-refractivity contribution in [1.29, 1.82) is 0 Å². The summed E-state index contributed by atoms with van der Waals surface area (Å²) in [7, 11) is 0. The van der Waals surface area contributed by atoms with E-state index in [0.29, 0.717) is 82.1 Å². The summed E-state index contributed by atoms with van der Waals surface area (Å²) in [6, 6.07) is -0.432. The number of piperidine rings is 5. The first-order valence-electron chi connectivity index (χ1n) is 24.2. The van der Waals surface area contributed by atoms with Gasteiger partial charge in [-0.2, -0.15) is 40.3 Å². The Morgan fingerprint density at radius 1 is 0.344 bits per heavy atom. The summed E-state index contributed by atoms with van der Waals surface area (Å²) in [5.41, 5.74) is -5.63. The molecule has 5 aliphatic rings. The Morgan fingerprint density at radius 3 is 0.734 bits per heavy atom. The van der Waals surface area contributed by atoms with Crippen molar-refractivity contribution in [3.8, 4) is 0 Å². The van der Waals surface area contributed by atoms with Gasteiger partial charge >= 0.3 is 0 Å². The van der Waals surface area contributed by atoms with Gasteiger partial charge in [0, 0.05) is 85.6 Å². The van der Waals surface area contributed by atoms with E-state index in [0.717, 1.165) is 0 Å². The second-order valence-electron chi connectivity index (χ2n) is 27.3.